The van der Waals surface area contributed by atoms with Gasteiger partial charge in [-0.25, -0.2) is 4.98 Å². The van der Waals surface area contributed by atoms with Crippen LogP contribution in [0.1, 0.15) is 40.2 Å². The van der Waals surface area contributed by atoms with Gasteiger partial charge in [-0.05, 0) is 48.6 Å². The van der Waals surface area contributed by atoms with Crippen LogP contribution < -0.4 is 15.6 Å². The second-order valence-electron chi connectivity index (χ2n) is 8.29. The van der Waals surface area contributed by atoms with E-state index in [-0.39, 0.29) is 17.9 Å². The highest BCUT2D eigenvalue weighted by Crippen LogP contribution is 2.34. The van der Waals surface area contributed by atoms with Crippen LogP contribution in [-0.2, 0) is 30.5 Å². The average molecular weight is 460 g/mol. The van der Waals surface area contributed by atoms with E-state index >= 15 is 0 Å². The minimum atomic E-state index is -0.123. The molecule has 0 fully saturated rings. The van der Waals surface area contributed by atoms with Gasteiger partial charge in [0.1, 0.15) is 16.4 Å². The number of carbonyl (C=O) groups is 1. The van der Waals surface area contributed by atoms with Crippen molar-refractivity contribution in [2.45, 2.75) is 38.5 Å². The Bertz CT molecular complexity index is 1380. The molecular weight excluding hydrogens is 434 g/mol. The van der Waals surface area contributed by atoms with Gasteiger partial charge in [0.15, 0.2) is 0 Å². The lowest BCUT2D eigenvalue weighted by atomic mass is 10.0. The molecule has 0 saturated carbocycles. The molecule has 1 aliphatic rings. The summed E-state index contributed by atoms with van der Waals surface area (Å²) in [5.41, 5.74) is 3.97. The van der Waals surface area contributed by atoms with Crippen molar-refractivity contribution in [3.8, 4) is 5.75 Å². The monoisotopic (exact) mass is 459 g/mol. The molecule has 2 N–H and O–H groups in total. The van der Waals surface area contributed by atoms with Crippen molar-refractivity contribution in [3.63, 3.8) is 0 Å². The van der Waals surface area contributed by atoms with Gasteiger partial charge in [0, 0.05) is 35.4 Å². The van der Waals surface area contributed by atoms with Crippen LogP contribution in [0.4, 0.5) is 5.69 Å². The number of carbonyl (C=O) groups excluding carboxylic acids is 1. The number of anilines is 1. The molecule has 1 amide bonds. The van der Waals surface area contributed by atoms with Crippen LogP contribution in [0.5, 0.6) is 5.75 Å². The Morgan fingerprint density at radius 1 is 1.18 bits per heavy atom. The Balaban J connectivity index is 1.26. The molecule has 2 aromatic heterocycles. The highest BCUT2D eigenvalue weighted by molar-refractivity contribution is 7.18. The molecular formula is C26H25N3O3S. The molecule has 4 aromatic rings. The van der Waals surface area contributed by atoms with Gasteiger partial charge < -0.3 is 15.0 Å². The number of ether oxygens (including phenoxy) is 1. The Kier molecular flexibility index (Phi) is 5.96. The van der Waals surface area contributed by atoms with Crippen molar-refractivity contribution >= 4 is 33.1 Å². The minimum Gasteiger partial charge on any atom is -0.496 e. The lowest BCUT2D eigenvalue weighted by molar-refractivity contribution is -0.116. The zero-order chi connectivity index (χ0) is 22.8. The lowest BCUT2D eigenvalue weighted by Gasteiger charge is -2.12. The van der Waals surface area contributed by atoms with Gasteiger partial charge in [0.05, 0.1) is 12.5 Å². The van der Waals surface area contributed by atoms with Gasteiger partial charge in [-0.1, -0.05) is 30.3 Å². The number of H-pyrrole nitrogens is 1. The highest BCUT2D eigenvalue weighted by atomic mass is 32.1. The van der Waals surface area contributed by atoms with E-state index in [1.165, 1.54) is 16.0 Å². The summed E-state index contributed by atoms with van der Waals surface area (Å²) in [6, 6.07) is 15.8. The third kappa shape index (κ3) is 4.54. The first-order chi connectivity index (χ1) is 16.1. The summed E-state index contributed by atoms with van der Waals surface area (Å²) in [7, 11) is 1.65. The number of thiophene rings is 1. The largest absolute Gasteiger partial charge is 0.496 e. The summed E-state index contributed by atoms with van der Waals surface area (Å²) in [5, 5.41) is 3.70. The second-order valence-corrected chi connectivity index (χ2v) is 9.37. The van der Waals surface area contributed by atoms with Gasteiger partial charge in [0.25, 0.3) is 5.56 Å². The number of nitrogens with zero attached hydrogens (tertiary/aromatic N) is 1. The first-order valence-corrected chi connectivity index (χ1v) is 12.0. The number of benzene rings is 2. The zero-order valence-electron chi connectivity index (χ0n) is 18.4. The number of amides is 1. The maximum absolute atomic E-state index is 12.6. The van der Waals surface area contributed by atoms with E-state index in [4.69, 9.17) is 4.74 Å². The van der Waals surface area contributed by atoms with Crippen molar-refractivity contribution in [1.29, 1.82) is 0 Å². The van der Waals surface area contributed by atoms with Gasteiger partial charge in [-0.15, -0.1) is 11.3 Å². The molecule has 1 aliphatic carbocycles. The zero-order valence-corrected chi connectivity index (χ0v) is 19.3. The molecule has 168 valence electrons. The van der Waals surface area contributed by atoms with Gasteiger partial charge in [-0.3, -0.25) is 9.59 Å². The summed E-state index contributed by atoms with van der Waals surface area (Å²) >= 11 is 1.61. The maximum atomic E-state index is 12.6. The number of aromatic amines is 1. The summed E-state index contributed by atoms with van der Waals surface area (Å²) in [4.78, 5) is 34.8. The quantitative estimate of drug-likeness (QED) is 0.422. The Labute approximate surface area is 195 Å². The Hall–Kier alpha value is -3.45. The number of hydrogen-bond acceptors (Lipinski definition) is 5. The molecule has 0 spiro atoms. The first-order valence-electron chi connectivity index (χ1n) is 11.1. The topological polar surface area (TPSA) is 84.1 Å². The van der Waals surface area contributed by atoms with Gasteiger partial charge in [-0.2, -0.15) is 0 Å². The van der Waals surface area contributed by atoms with Gasteiger partial charge >= 0.3 is 0 Å². The van der Waals surface area contributed by atoms with E-state index < -0.39 is 0 Å². The van der Waals surface area contributed by atoms with Crippen LogP contribution >= 0.6 is 11.3 Å². The standard InChI is InChI=1S/C26H25N3O3S/c1-32-20-11-10-18(15-17(20)14-16-6-3-2-4-7-16)27-23(30)13-12-22-28-25(31)24-19-8-5-9-21(19)33-26(24)29-22/h2-4,6-7,10-11,15H,5,8-9,12-14H2,1H3,(H,27,30)(H,28,29,31). The van der Waals surface area contributed by atoms with E-state index in [9.17, 15) is 9.59 Å². The molecule has 0 atom stereocenters. The molecule has 33 heavy (non-hydrogen) atoms. The van der Waals surface area contributed by atoms with Crippen molar-refractivity contribution in [2.24, 2.45) is 0 Å². The van der Waals surface area contributed by atoms with E-state index in [2.05, 4.69) is 27.4 Å². The minimum absolute atomic E-state index is 0.0875. The molecule has 0 aliphatic heterocycles. The molecule has 2 aromatic carbocycles. The lowest BCUT2D eigenvalue weighted by Crippen LogP contribution is -2.16. The number of hydrogen-bond donors (Lipinski definition) is 2. The predicted octanol–water partition coefficient (Wildman–Crippen LogP) is 4.64. The number of methoxy groups -OCH3 is 1. The number of aromatic nitrogens is 2. The maximum Gasteiger partial charge on any atom is 0.259 e. The molecule has 0 bridgehead atoms. The van der Waals surface area contributed by atoms with Crippen molar-refractivity contribution in [3.05, 3.63) is 86.3 Å². The normalized spacial score (nSPS) is 12.6. The third-order valence-electron chi connectivity index (χ3n) is 6.01. The average Bonchev–Trinajstić information content (AvgIpc) is 3.40. The summed E-state index contributed by atoms with van der Waals surface area (Å²) < 4.78 is 5.50. The number of fused-ring (bicyclic) bond motifs is 3. The molecule has 5 rings (SSSR count). The SMILES string of the molecule is COc1ccc(NC(=O)CCc2nc3sc4c(c3c(=O)[nH]2)CCC4)cc1Cc1ccccc1. The van der Waals surface area contributed by atoms with Gasteiger partial charge in [0.2, 0.25) is 5.91 Å². The van der Waals surface area contributed by atoms with Crippen molar-refractivity contribution < 1.29 is 9.53 Å². The fourth-order valence-electron chi connectivity index (χ4n) is 4.43. The van der Waals surface area contributed by atoms with Crippen LogP contribution in [0.15, 0.2) is 53.3 Å². The molecule has 6 nitrogen and oxygen atoms in total. The van der Waals surface area contributed by atoms with E-state index in [0.717, 1.165) is 46.5 Å². The first kappa shape index (κ1) is 21.4. The molecule has 2 heterocycles. The highest BCUT2D eigenvalue weighted by Gasteiger charge is 2.21. The number of aryl methyl sites for hydroxylation is 3. The smallest absolute Gasteiger partial charge is 0.259 e. The van der Waals surface area contributed by atoms with Crippen molar-refractivity contribution in [1.82, 2.24) is 9.97 Å². The molecule has 0 saturated heterocycles. The van der Waals surface area contributed by atoms with E-state index in [0.29, 0.717) is 18.7 Å². The Morgan fingerprint density at radius 2 is 2.03 bits per heavy atom. The van der Waals surface area contributed by atoms with Crippen LogP contribution in [0.2, 0.25) is 0 Å². The number of rotatable bonds is 7. The Morgan fingerprint density at radius 3 is 2.85 bits per heavy atom. The van der Waals surface area contributed by atoms with Crippen LogP contribution in [0, 0.1) is 0 Å². The van der Waals surface area contributed by atoms with Crippen LogP contribution in [0.3, 0.4) is 0 Å². The number of nitrogens with one attached hydrogen (secondary N) is 2. The van der Waals surface area contributed by atoms with E-state index in [1.807, 2.05) is 36.4 Å². The van der Waals surface area contributed by atoms with Crippen LogP contribution in [0.25, 0.3) is 10.2 Å². The van der Waals surface area contributed by atoms with E-state index in [1.54, 1.807) is 18.4 Å². The molecule has 7 heteroatoms. The van der Waals surface area contributed by atoms with Crippen molar-refractivity contribution in [2.75, 3.05) is 12.4 Å². The fraction of sp³-hybridized carbons (Fsp3) is 0.269. The second kappa shape index (κ2) is 9.19. The predicted molar refractivity (Wildman–Crippen MR) is 131 cm³/mol. The molecule has 0 unspecified atom stereocenters. The summed E-state index contributed by atoms with van der Waals surface area (Å²) in [6.45, 7) is 0. The van der Waals surface area contributed by atoms with Crippen LogP contribution in [-0.4, -0.2) is 23.0 Å². The fourth-order valence-corrected chi connectivity index (χ4v) is 5.71. The molecule has 0 radical (unpaired) electrons. The summed E-state index contributed by atoms with van der Waals surface area (Å²) in [6.07, 6.45) is 4.42. The third-order valence-corrected chi connectivity index (χ3v) is 7.20. The summed E-state index contributed by atoms with van der Waals surface area (Å²) in [5.74, 6) is 1.22.